The number of carboxylic acid groups (broad SMARTS) is 1. The summed E-state index contributed by atoms with van der Waals surface area (Å²) < 4.78 is 0. The second-order valence-electron chi connectivity index (χ2n) is 4.43. The first kappa shape index (κ1) is 14.9. The van der Waals surface area contributed by atoms with E-state index < -0.39 is 5.97 Å². The summed E-state index contributed by atoms with van der Waals surface area (Å²) in [4.78, 5) is 36.6. The molecule has 0 aromatic carbocycles. The van der Waals surface area contributed by atoms with E-state index in [2.05, 4.69) is 10.3 Å². The van der Waals surface area contributed by atoms with Crippen molar-refractivity contribution in [3.8, 4) is 0 Å². The van der Waals surface area contributed by atoms with Crippen LogP contribution in [0, 0.1) is 13.8 Å². The molecule has 0 aliphatic rings. The summed E-state index contributed by atoms with van der Waals surface area (Å²) in [6, 6.07) is 0. The van der Waals surface area contributed by atoms with Gasteiger partial charge in [0, 0.05) is 24.2 Å². The van der Waals surface area contributed by atoms with Gasteiger partial charge in [0.25, 0.3) is 5.91 Å². The molecular formula is C13H18N2O4. The number of ketones is 1. The van der Waals surface area contributed by atoms with Crippen molar-refractivity contribution in [3.05, 3.63) is 22.5 Å². The largest absolute Gasteiger partial charge is 0.481 e. The molecule has 0 saturated carbocycles. The van der Waals surface area contributed by atoms with Crippen LogP contribution in [0.15, 0.2) is 0 Å². The van der Waals surface area contributed by atoms with Crippen molar-refractivity contribution in [1.82, 2.24) is 10.3 Å². The maximum Gasteiger partial charge on any atom is 0.303 e. The van der Waals surface area contributed by atoms with Gasteiger partial charge in [0.05, 0.1) is 0 Å². The number of carbonyl (C=O) groups excluding carboxylic acids is 2. The summed E-state index contributed by atoms with van der Waals surface area (Å²) in [6.07, 6.45) is 0.390. The molecule has 0 fully saturated rings. The second kappa shape index (κ2) is 6.17. The van der Waals surface area contributed by atoms with Crippen molar-refractivity contribution in [2.24, 2.45) is 0 Å². The van der Waals surface area contributed by atoms with Crippen molar-refractivity contribution in [2.45, 2.75) is 33.6 Å². The minimum Gasteiger partial charge on any atom is -0.481 e. The summed E-state index contributed by atoms with van der Waals surface area (Å²) in [5.74, 6) is -1.30. The van der Waals surface area contributed by atoms with Gasteiger partial charge in [-0.05, 0) is 32.8 Å². The van der Waals surface area contributed by atoms with Crippen LogP contribution in [0.5, 0.6) is 0 Å². The maximum absolute atomic E-state index is 11.9. The summed E-state index contributed by atoms with van der Waals surface area (Å²) in [5.41, 5.74) is 2.19. The van der Waals surface area contributed by atoms with E-state index in [1.807, 2.05) is 0 Å². The molecule has 0 unspecified atom stereocenters. The summed E-state index contributed by atoms with van der Waals surface area (Å²) in [5, 5.41) is 11.1. The number of aliphatic carboxylic acids is 1. The first-order chi connectivity index (χ1) is 8.84. The van der Waals surface area contributed by atoms with Crippen LogP contribution in [-0.4, -0.2) is 34.3 Å². The number of hydrogen-bond acceptors (Lipinski definition) is 3. The number of hydrogen-bond donors (Lipinski definition) is 3. The van der Waals surface area contributed by atoms with Crippen LogP contribution in [-0.2, 0) is 4.79 Å². The zero-order valence-corrected chi connectivity index (χ0v) is 11.3. The first-order valence-electron chi connectivity index (χ1n) is 6.04. The van der Waals surface area contributed by atoms with Gasteiger partial charge in [0.2, 0.25) is 0 Å². The molecule has 19 heavy (non-hydrogen) atoms. The van der Waals surface area contributed by atoms with Gasteiger partial charge in [0.1, 0.15) is 5.69 Å². The molecule has 0 atom stereocenters. The van der Waals surface area contributed by atoms with Gasteiger partial charge in [-0.25, -0.2) is 0 Å². The Kier molecular flexibility index (Phi) is 4.86. The fraction of sp³-hybridized carbons (Fsp3) is 0.462. The number of Topliss-reactive ketones (excluding diaryl/α,β-unsaturated/α-hetero) is 1. The lowest BCUT2D eigenvalue weighted by atomic mass is 10.1. The number of nitrogens with one attached hydrogen (secondary N) is 2. The lowest BCUT2D eigenvalue weighted by molar-refractivity contribution is -0.137. The Morgan fingerprint density at radius 1 is 1.26 bits per heavy atom. The molecule has 104 valence electrons. The minimum atomic E-state index is -0.889. The Bertz CT molecular complexity index is 517. The molecule has 3 N–H and O–H groups in total. The third-order valence-electron chi connectivity index (χ3n) is 2.87. The van der Waals surface area contributed by atoms with Crippen LogP contribution in [0.2, 0.25) is 0 Å². The van der Waals surface area contributed by atoms with Crippen LogP contribution in [0.1, 0.15) is 51.9 Å². The number of rotatable bonds is 6. The lowest BCUT2D eigenvalue weighted by Gasteiger charge is -2.03. The fourth-order valence-corrected chi connectivity index (χ4v) is 2.04. The number of carbonyl (C=O) groups is 3. The van der Waals surface area contributed by atoms with Gasteiger partial charge >= 0.3 is 5.97 Å². The van der Waals surface area contributed by atoms with Crippen molar-refractivity contribution in [1.29, 1.82) is 0 Å². The third-order valence-corrected chi connectivity index (χ3v) is 2.87. The normalized spacial score (nSPS) is 10.3. The van der Waals surface area contributed by atoms with E-state index in [0.717, 1.165) is 0 Å². The molecule has 0 spiro atoms. The van der Waals surface area contributed by atoms with Gasteiger partial charge in [-0.3, -0.25) is 14.4 Å². The molecule has 1 aromatic heterocycles. The van der Waals surface area contributed by atoms with E-state index >= 15 is 0 Å². The highest BCUT2D eigenvalue weighted by atomic mass is 16.4. The number of aromatic amines is 1. The van der Waals surface area contributed by atoms with Gasteiger partial charge in [0.15, 0.2) is 5.78 Å². The Balaban J connectivity index is 2.70. The van der Waals surface area contributed by atoms with Gasteiger partial charge in [-0.2, -0.15) is 0 Å². The van der Waals surface area contributed by atoms with Crippen LogP contribution >= 0.6 is 0 Å². The van der Waals surface area contributed by atoms with E-state index in [1.54, 1.807) is 13.8 Å². The van der Waals surface area contributed by atoms with E-state index in [-0.39, 0.29) is 24.7 Å². The van der Waals surface area contributed by atoms with Crippen molar-refractivity contribution in [2.75, 3.05) is 6.54 Å². The quantitative estimate of drug-likeness (QED) is 0.535. The average molecular weight is 266 g/mol. The van der Waals surface area contributed by atoms with E-state index in [0.29, 0.717) is 28.9 Å². The summed E-state index contributed by atoms with van der Waals surface area (Å²) >= 11 is 0. The highest BCUT2D eigenvalue weighted by Crippen LogP contribution is 2.18. The molecule has 6 heteroatoms. The van der Waals surface area contributed by atoms with Crippen LogP contribution in [0.25, 0.3) is 0 Å². The summed E-state index contributed by atoms with van der Waals surface area (Å²) in [7, 11) is 0. The smallest absolute Gasteiger partial charge is 0.303 e. The van der Waals surface area contributed by atoms with Gasteiger partial charge in [-0.15, -0.1) is 0 Å². The molecule has 0 bridgehead atoms. The Hall–Kier alpha value is -2.11. The van der Waals surface area contributed by atoms with Crippen LogP contribution < -0.4 is 5.32 Å². The predicted octanol–water partition coefficient (Wildman–Crippen LogP) is 1.43. The van der Waals surface area contributed by atoms with Crippen LogP contribution in [0.4, 0.5) is 0 Å². The average Bonchev–Trinajstić information content (AvgIpc) is 2.59. The van der Waals surface area contributed by atoms with Gasteiger partial charge in [-0.1, -0.05) is 0 Å². The molecule has 1 aromatic rings. The van der Waals surface area contributed by atoms with Crippen molar-refractivity contribution < 1.29 is 19.5 Å². The topological polar surface area (TPSA) is 99.3 Å². The Morgan fingerprint density at radius 2 is 1.89 bits per heavy atom. The van der Waals surface area contributed by atoms with E-state index in [4.69, 9.17) is 5.11 Å². The van der Waals surface area contributed by atoms with Crippen molar-refractivity contribution >= 4 is 17.7 Å². The zero-order chi connectivity index (χ0) is 14.6. The third kappa shape index (κ3) is 3.67. The fourth-order valence-electron chi connectivity index (χ4n) is 2.04. The lowest BCUT2D eigenvalue weighted by Crippen LogP contribution is -2.26. The van der Waals surface area contributed by atoms with Gasteiger partial charge < -0.3 is 15.4 Å². The minimum absolute atomic E-state index is 0.0156. The number of aryl methyl sites for hydroxylation is 1. The Morgan fingerprint density at radius 3 is 2.37 bits per heavy atom. The molecule has 6 nitrogen and oxygen atoms in total. The van der Waals surface area contributed by atoms with Crippen LogP contribution in [0.3, 0.4) is 0 Å². The standard InChI is InChI=1S/C13H18N2O4/c1-7-11(9(3)16)8(2)15-12(7)13(19)14-6-4-5-10(17)18/h15H,4-6H2,1-3H3,(H,14,19)(H,17,18). The Labute approximate surface area is 111 Å². The number of amides is 1. The highest BCUT2D eigenvalue weighted by molar-refractivity contribution is 6.02. The molecule has 0 saturated heterocycles. The second-order valence-corrected chi connectivity index (χ2v) is 4.43. The van der Waals surface area contributed by atoms with E-state index in [1.165, 1.54) is 6.92 Å². The van der Waals surface area contributed by atoms with Crippen molar-refractivity contribution in [3.63, 3.8) is 0 Å². The number of H-pyrrole nitrogens is 1. The highest BCUT2D eigenvalue weighted by Gasteiger charge is 2.19. The zero-order valence-electron chi connectivity index (χ0n) is 11.3. The molecule has 1 rings (SSSR count). The SMILES string of the molecule is CC(=O)c1c(C)[nH]c(C(=O)NCCCC(=O)O)c1C. The predicted molar refractivity (Wildman–Crippen MR) is 69.5 cm³/mol. The maximum atomic E-state index is 11.9. The monoisotopic (exact) mass is 266 g/mol. The first-order valence-corrected chi connectivity index (χ1v) is 6.04. The van der Waals surface area contributed by atoms with E-state index in [9.17, 15) is 14.4 Å². The molecule has 0 aliphatic carbocycles. The number of aromatic nitrogens is 1. The summed E-state index contributed by atoms with van der Waals surface area (Å²) in [6.45, 7) is 5.20. The number of carboxylic acids is 1. The molecule has 1 amide bonds. The molecule has 1 heterocycles. The molecule has 0 aliphatic heterocycles. The molecule has 0 radical (unpaired) electrons. The molecular weight excluding hydrogens is 248 g/mol.